The van der Waals surface area contributed by atoms with Crippen molar-refractivity contribution in [1.29, 1.82) is 0 Å². The highest BCUT2D eigenvalue weighted by Crippen LogP contribution is 2.22. The van der Waals surface area contributed by atoms with Gasteiger partial charge in [-0.1, -0.05) is 19.1 Å². The Morgan fingerprint density at radius 1 is 1.31 bits per heavy atom. The predicted octanol–water partition coefficient (Wildman–Crippen LogP) is 3.18. The van der Waals surface area contributed by atoms with Gasteiger partial charge >= 0.3 is 0 Å². The number of likely N-dealkylation sites (N-methyl/N-ethyl adjacent to an activating group) is 1. The van der Waals surface area contributed by atoms with Crippen LogP contribution in [0.2, 0.25) is 0 Å². The summed E-state index contributed by atoms with van der Waals surface area (Å²) >= 11 is 0. The van der Waals surface area contributed by atoms with Gasteiger partial charge in [0.15, 0.2) is 5.96 Å². The second-order valence-corrected chi connectivity index (χ2v) is 7.88. The van der Waals surface area contributed by atoms with E-state index in [0.29, 0.717) is 18.5 Å². The molecule has 2 unspecified atom stereocenters. The Morgan fingerprint density at radius 3 is 2.90 bits per heavy atom. The van der Waals surface area contributed by atoms with Crippen LogP contribution in [0.1, 0.15) is 37.3 Å². The van der Waals surface area contributed by atoms with E-state index in [2.05, 4.69) is 52.6 Å². The second-order valence-electron chi connectivity index (χ2n) is 7.88. The molecule has 7 heteroatoms. The SMILES string of the molecule is CCN1CCCC1CNC(=NC)NCc1ccc(C)cc1OCC1CCOC1.I. The van der Waals surface area contributed by atoms with Crippen LogP contribution < -0.4 is 15.4 Å². The number of benzene rings is 1. The molecule has 0 aliphatic carbocycles. The number of halogens is 1. The van der Waals surface area contributed by atoms with Crippen molar-refractivity contribution in [3.8, 4) is 5.75 Å². The van der Waals surface area contributed by atoms with Crippen molar-refractivity contribution < 1.29 is 9.47 Å². The third-order valence-electron chi connectivity index (χ3n) is 5.80. The second kappa shape index (κ2) is 12.6. The largest absolute Gasteiger partial charge is 0.493 e. The van der Waals surface area contributed by atoms with Crippen LogP contribution in [-0.4, -0.2) is 63.4 Å². The molecule has 29 heavy (non-hydrogen) atoms. The first-order valence-corrected chi connectivity index (χ1v) is 10.7. The molecule has 0 saturated carbocycles. The summed E-state index contributed by atoms with van der Waals surface area (Å²) in [7, 11) is 1.83. The molecule has 2 aliphatic heterocycles. The van der Waals surface area contributed by atoms with Gasteiger partial charge in [0.05, 0.1) is 13.2 Å². The van der Waals surface area contributed by atoms with E-state index in [1.165, 1.54) is 24.9 Å². The summed E-state index contributed by atoms with van der Waals surface area (Å²) in [5.41, 5.74) is 2.37. The van der Waals surface area contributed by atoms with Crippen LogP contribution in [-0.2, 0) is 11.3 Å². The maximum Gasteiger partial charge on any atom is 0.191 e. The molecule has 0 amide bonds. The number of hydrogen-bond donors (Lipinski definition) is 2. The predicted molar refractivity (Wildman–Crippen MR) is 129 cm³/mol. The zero-order chi connectivity index (χ0) is 19.8. The normalized spacial score (nSPS) is 22.4. The zero-order valence-corrected chi connectivity index (χ0v) is 20.4. The van der Waals surface area contributed by atoms with E-state index in [-0.39, 0.29) is 24.0 Å². The molecule has 3 rings (SSSR count). The van der Waals surface area contributed by atoms with Crippen molar-refractivity contribution in [2.75, 3.05) is 46.5 Å². The van der Waals surface area contributed by atoms with Crippen LogP contribution in [0, 0.1) is 12.8 Å². The Morgan fingerprint density at radius 2 is 2.17 bits per heavy atom. The number of aryl methyl sites for hydroxylation is 1. The van der Waals surface area contributed by atoms with Gasteiger partial charge in [-0.15, -0.1) is 24.0 Å². The number of guanidine groups is 1. The van der Waals surface area contributed by atoms with E-state index in [1.807, 2.05) is 7.05 Å². The number of rotatable bonds is 8. The van der Waals surface area contributed by atoms with Gasteiger partial charge in [0.25, 0.3) is 0 Å². The molecule has 2 fully saturated rings. The van der Waals surface area contributed by atoms with Crippen molar-refractivity contribution >= 4 is 29.9 Å². The minimum absolute atomic E-state index is 0. The molecule has 0 radical (unpaired) electrons. The first-order valence-electron chi connectivity index (χ1n) is 10.7. The molecule has 164 valence electrons. The third-order valence-corrected chi connectivity index (χ3v) is 5.80. The van der Waals surface area contributed by atoms with Gasteiger partial charge in [-0.3, -0.25) is 9.89 Å². The van der Waals surface area contributed by atoms with Gasteiger partial charge in [0.1, 0.15) is 5.75 Å². The fourth-order valence-corrected chi connectivity index (χ4v) is 4.02. The van der Waals surface area contributed by atoms with Gasteiger partial charge in [-0.25, -0.2) is 0 Å². The quantitative estimate of drug-likeness (QED) is 0.316. The topological polar surface area (TPSA) is 58.1 Å². The zero-order valence-electron chi connectivity index (χ0n) is 18.1. The lowest BCUT2D eigenvalue weighted by atomic mass is 10.1. The molecular formula is C22H37IN4O2. The summed E-state index contributed by atoms with van der Waals surface area (Å²) in [6.07, 6.45) is 3.65. The highest BCUT2D eigenvalue weighted by Gasteiger charge is 2.22. The fraction of sp³-hybridized carbons (Fsp3) is 0.682. The number of hydrogen-bond acceptors (Lipinski definition) is 4. The molecule has 2 atom stereocenters. The van der Waals surface area contributed by atoms with Gasteiger partial charge in [0, 0.05) is 44.3 Å². The lowest BCUT2D eigenvalue weighted by molar-refractivity contribution is 0.166. The highest BCUT2D eigenvalue weighted by atomic mass is 127. The Kier molecular flexibility index (Phi) is 10.5. The van der Waals surface area contributed by atoms with E-state index in [9.17, 15) is 0 Å². The molecule has 0 spiro atoms. The van der Waals surface area contributed by atoms with Gasteiger partial charge in [0.2, 0.25) is 0 Å². The van der Waals surface area contributed by atoms with Crippen molar-refractivity contribution in [2.45, 2.75) is 45.7 Å². The first kappa shape index (κ1) is 24.2. The van der Waals surface area contributed by atoms with Gasteiger partial charge in [-0.05, 0) is 50.9 Å². The number of nitrogens with one attached hydrogen (secondary N) is 2. The van der Waals surface area contributed by atoms with Gasteiger partial charge in [-0.2, -0.15) is 0 Å². The fourth-order valence-electron chi connectivity index (χ4n) is 4.02. The molecule has 0 bridgehead atoms. The average molecular weight is 516 g/mol. The lowest BCUT2D eigenvalue weighted by Crippen LogP contribution is -2.44. The Balaban J connectivity index is 0.00000300. The molecule has 1 aromatic rings. The van der Waals surface area contributed by atoms with E-state index < -0.39 is 0 Å². The molecule has 2 heterocycles. The number of likely N-dealkylation sites (tertiary alicyclic amines) is 1. The highest BCUT2D eigenvalue weighted by molar-refractivity contribution is 14.0. The molecule has 6 nitrogen and oxygen atoms in total. The summed E-state index contributed by atoms with van der Waals surface area (Å²) in [5.74, 6) is 2.31. The minimum Gasteiger partial charge on any atom is -0.493 e. The van der Waals surface area contributed by atoms with Crippen LogP contribution in [0.25, 0.3) is 0 Å². The van der Waals surface area contributed by atoms with Crippen LogP contribution >= 0.6 is 24.0 Å². The van der Waals surface area contributed by atoms with E-state index in [4.69, 9.17) is 9.47 Å². The first-order chi connectivity index (χ1) is 13.7. The molecule has 0 aromatic heterocycles. The van der Waals surface area contributed by atoms with Crippen molar-refractivity contribution in [2.24, 2.45) is 10.9 Å². The molecular weight excluding hydrogens is 479 g/mol. The van der Waals surface area contributed by atoms with Gasteiger partial charge < -0.3 is 20.1 Å². The maximum absolute atomic E-state index is 6.15. The Bertz CT molecular complexity index is 650. The number of aliphatic imine (C=N–C) groups is 1. The van der Waals surface area contributed by atoms with Crippen molar-refractivity contribution in [1.82, 2.24) is 15.5 Å². The van der Waals surface area contributed by atoms with E-state index in [1.54, 1.807) is 0 Å². The lowest BCUT2D eigenvalue weighted by Gasteiger charge is -2.24. The van der Waals surface area contributed by atoms with Crippen molar-refractivity contribution in [3.05, 3.63) is 29.3 Å². The third kappa shape index (κ3) is 7.29. The Labute approximate surface area is 192 Å². The smallest absolute Gasteiger partial charge is 0.191 e. The summed E-state index contributed by atoms with van der Waals surface area (Å²) in [4.78, 5) is 6.93. The summed E-state index contributed by atoms with van der Waals surface area (Å²) < 4.78 is 11.6. The monoisotopic (exact) mass is 516 g/mol. The minimum atomic E-state index is 0. The summed E-state index contributed by atoms with van der Waals surface area (Å²) in [5, 5.41) is 6.94. The standard InChI is InChI=1S/C22H36N4O2.HI/c1-4-26-10-5-6-20(26)14-25-22(23-3)24-13-19-8-7-17(2)12-21(19)28-16-18-9-11-27-15-18;/h7-8,12,18,20H,4-6,9-11,13-16H2,1-3H3,(H2,23,24,25);1H. The summed E-state index contributed by atoms with van der Waals surface area (Å²) in [6, 6.07) is 7.01. The van der Waals surface area contributed by atoms with Crippen molar-refractivity contribution in [3.63, 3.8) is 0 Å². The molecule has 2 aliphatic rings. The van der Waals surface area contributed by atoms with Crippen LogP contribution in [0.3, 0.4) is 0 Å². The Hall–Kier alpha value is -1.06. The number of ether oxygens (including phenoxy) is 2. The molecule has 2 N–H and O–H groups in total. The molecule has 1 aromatic carbocycles. The number of nitrogens with zero attached hydrogens (tertiary/aromatic N) is 2. The van der Waals surface area contributed by atoms with Crippen LogP contribution in [0.5, 0.6) is 5.75 Å². The van der Waals surface area contributed by atoms with E-state index >= 15 is 0 Å². The van der Waals surface area contributed by atoms with E-state index in [0.717, 1.165) is 56.6 Å². The maximum atomic E-state index is 6.15. The average Bonchev–Trinajstić information content (AvgIpc) is 3.39. The molecule has 2 saturated heterocycles. The summed E-state index contributed by atoms with van der Waals surface area (Å²) in [6.45, 7) is 10.7. The van der Waals surface area contributed by atoms with Crippen LogP contribution in [0.15, 0.2) is 23.2 Å². The van der Waals surface area contributed by atoms with Crippen LogP contribution in [0.4, 0.5) is 0 Å².